The number of hydrogen-bond donors (Lipinski definition) is 1. The van der Waals surface area contributed by atoms with Crippen molar-refractivity contribution in [3.05, 3.63) is 40.2 Å². The highest BCUT2D eigenvalue weighted by molar-refractivity contribution is 6.02. The molecule has 0 bridgehead atoms. The first-order valence-electron chi connectivity index (χ1n) is 7.61. The summed E-state index contributed by atoms with van der Waals surface area (Å²) in [5.41, 5.74) is 1.22. The van der Waals surface area contributed by atoms with Gasteiger partial charge in [-0.3, -0.25) is 19.3 Å². The van der Waals surface area contributed by atoms with Gasteiger partial charge in [0.1, 0.15) is 5.58 Å². The predicted molar refractivity (Wildman–Crippen MR) is 86.4 cm³/mol. The SMILES string of the molecule is Cc1cc(=O)oc2cc(NC(=O)CCN3C(=O)CCC3=O)ccc12. The molecule has 1 aromatic heterocycles. The fourth-order valence-corrected chi connectivity index (χ4v) is 2.71. The van der Waals surface area contributed by atoms with Gasteiger partial charge in [0.2, 0.25) is 17.7 Å². The standard InChI is InChI=1S/C17H16N2O5/c1-10-8-17(23)24-13-9-11(2-3-12(10)13)18-14(20)6-7-19-15(21)4-5-16(19)22/h2-3,8-9H,4-7H2,1H3,(H,18,20). The lowest BCUT2D eigenvalue weighted by Crippen LogP contribution is -2.32. The van der Waals surface area contributed by atoms with Crippen molar-refractivity contribution in [1.29, 1.82) is 0 Å². The van der Waals surface area contributed by atoms with Crippen LogP contribution >= 0.6 is 0 Å². The van der Waals surface area contributed by atoms with Crippen LogP contribution in [0.2, 0.25) is 0 Å². The van der Waals surface area contributed by atoms with E-state index in [-0.39, 0.29) is 43.5 Å². The largest absolute Gasteiger partial charge is 0.423 e. The van der Waals surface area contributed by atoms with E-state index in [1.165, 1.54) is 6.07 Å². The molecule has 3 amide bonds. The Morgan fingerprint density at radius 2 is 1.88 bits per heavy atom. The topological polar surface area (TPSA) is 96.7 Å². The molecule has 0 spiro atoms. The van der Waals surface area contributed by atoms with E-state index in [0.29, 0.717) is 11.3 Å². The molecule has 1 aromatic carbocycles. The average molecular weight is 328 g/mol. The molecule has 0 unspecified atom stereocenters. The third kappa shape index (κ3) is 3.19. The maximum atomic E-state index is 12.0. The van der Waals surface area contributed by atoms with E-state index >= 15 is 0 Å². The molecule has 7 nitrogen and oxygen atoms in total. The van der Waals surface area contributed by atoms with E-state index in [1.54, 1.807) is 18.2 Å². The van der Waals surface area contributed by atoms with Crippen molar-refractivity contribution < 1.29 is 18.8 Å². The van der Waals surface area contributed by atoms with Gasteiger partial charge in [0, 0.05) is 49.0 Å². The van der Waals surface area contributed by atoms with Crippen molar-refractivity contribution in [3.8, 4) is 0 Å². The highest BCUT2D eigenvalue weighted by Crippen LogP contribution is 2.21. The number of aryl methyl sites for hydroxylation is 1. The molecule has 124 valence electrons. The van der Waals surface area contributed by atoms with Crippen LogP contribution in [0.15, 0.2) is 33.5 Å². The minimum absolute atomic E-state index is 0.0211. The average Bonchev–Trinajstić information content (AvgIpc) is 2.83. The van der Waals surface area contributed by atoms with Crippen molar-refractivity contribution in [2.45, 2.75) is 26.2 Å². The summed E-state index contributed by atoms with van der Waals surface area (Å²) < 4.78 is 5.13. The van der Waals surface area contributed by atoms with Crippen LogP contribution in [-0.2, 0) is 14.4 Å². The number of carbonyl (C=O) groups excluding carboxylic acids is 3. The number of nitrogens with one attached hydrogen (secondary N) is 1. The summed E-state index contributed by atoms with van der Waals surface area (Å²) in [4.78, 5) is 47.5. The van der Waals surface area contributed by atoms with Crippen LogP contribution in [-0.4, -0.2) is 29.2 Å². The number of nitrogens with zero attached hydrogens (tertiary/aromatic N) is 1. The number of anilines is 1. The monoisotopic (exact) mass is 328 g/mol. The van der Waals surface area contributed by atoms with Crippen molar-refractivity contribution >= 4 is 34.4 Å². The fraction of sp³-hybridized carbons (Fsp3) is 0.294. The molecule has 1 fully saturated rings. The number of hydrogen-bond acceptors (Lipinski definition) is 5. The molecular formula is C17H16N2O5. The summed E-state index contributed by atoms with van der Waals surface area (Å²) >= 11 is 0. The van der Waals surface area contributed by atoms with E-state index in [0.717, 1.165) is 15.8 Å². The normalized spacial score (nSPS) is 14.5. The smallest absolute Gasteiger partial charge is 0.336 e. The van der Waals surface area contributed by atoms with Crippen LogP contribution in [0.1, 0.15) is 24.8 Å². The number of amides is 3. The zero-order valence-electron chi connectivity index (χ0n) is 13.1. The minimum atomic E-state index is -0.450. The molecular weight excluding hydrogens is 312 g/mol. The molecule has 2 heterocycles. The van der Waals surface area contributed by atoms with Gasteiger partial charge in [0.25, 0.3) is 0 Å². The summed E-state index contributed by atoms with van der Waals surface area (Å²) in [6.07, 6.45) is 0.445. The molecule has 2 aromatic rings. The quantitative estimate of drug-likeness (QED) is 0.679. The van der Waals surface area contributed by atoms with Gasteiger partial charge in [-0.05, 0) is 24.6 Å². The highest BCUT2D eigenvalue weighted by atomic mass is 16.4. The first kappa shape index (κ1) is 15.9. The van der Waals surface area contributed by atoms with Crippen LogP contribution in [0.25, 0.3) is 11.0 Å². The molecule has 1 aliphatic rings. The Morgan fingerprint density at radius 1 is 1.17 bits per heavy atom. The van der Waals surface area contributed by atoms with E-state index in [2.05, 4.69) is 5.32 Å². The zero-order valence-corrected chi connectivity index (χ0v) is 13.1. The van der Waals surface area contributed by atoms with Crippen LogP contribution in [0, 0.1) is 6.92 Å². The van der Waals surface area contributed by atoms with Crippen molar-refractivity contribution in [2.24, 2.45) is 0 Å². The molecule has 0 aliphatic carbocycles. The summed E-state index contributed by atoms with van der Waals surface area (Å²) in [6.45, 7) is 1.88. The third-order valence-corrected chi connectivity index (χ3v) is 3.95. The van der Waals surface area contributed by atoms with E-state index in [1.807, 2.05) is 6.92 Å². The van der Waals surface area contributed by atoms with E-state index < -0.39 is 5.63 Å². The molecule has 1 saturated heterocycles. The Hall–Kier alpha value is -2.96. The number of rotatable bonds is 4. The molecule has 0 atom stereocenters. The Bertz CT molecular complexity index is 883. The maximum Gasteiger partial charge on any atom is 0.336 e. The number of imide groups is 1. The van der Waals surface area contributed by atoms with Crippen LogP contribution in [0.5, 0.6) is 0 Å². The summed E-state index contributed by atoms with van der Waals surface area (Å²) in [6, 6.07) is 6.45. The number of likely N-dealkylation sites (tertiary alicyclic amines) is 1. The number of fused-ring (bicyclic) bond motifs is 1. The Labute approximate surface area is 137 Å². The molecule has 7 heteroatoms. The lowest BCUT2D eigenvalue weighted by Gasteiger charge is -2.13. The summed E-state index contributed by atoms with van der Waals surface area (Å²) in [5, 5.41) is 3.47. The first-order chi connectivity index (χ1) is 11.4. The molecule has 1 N–H and O–H groups in total. The minimum Gasteiger partial charge on any atom is -0.423 e. The van der Waals surface area contributed by atoms with Gasteiger partial charge < -0.3 is 9.73 Å². The fourth-order valence-electron chi connectivity index (χ4n) is 2.71. The molecule has 1 aliphatic heterocycles. The second-order valence-corrected chi connectivity index (χ2v) is 5.70. The van der Waals surface area contributed by atoms with Gasteiger partial charge in [0.15, 0.2) is 0 Å². The zero-order chi connectivity index (χ0) is 17.3. The highest BCUT2D eigenvalue weighted by Gasteiger charge is 2.28. The van der Waals surface area contributed by atoms with Crippen LogP contribution in [0.4, 0.5) is 5.69 Å². The number of benzene rings is 1. The Kier molecular flexibility index (Phi) is 4.16. The van der Waals surface area contributed by atoms with Gasteiger partial charge in [-0.15, -0.1) is 0 Å². The van der Waals surface area contributed by atoms with Crippen molar-refractivity contribution in [1.82, 2.24) is 4.90 Å². The van der Waals surface area contributed by atoms with E-state index in [4.69, 9.17) is 4.42 Å². The Balaban J connectivity index is 1.68. The first-order valence-corrected chi connectivity index (χ1v) is 7.61. The molecule has 0 radical (unpaired) electrons. The molecule has 3 rings (SSSR count). The third-order valence-electron chi connectivity index (χ3n) is 3.95. The predicted octanol–water partition coefficient (Wildman–Crippen LogP) is 1.58. The Morgan fingerprint density at radius 3 is 2.58 bits per heavy atom. The van der Waals surface area contributed by atoms with Crippen molar-refractivity contribution in [2.75, 3.05) is 11.9 Å². The number of carbonyl (C=O) groups is 3. The van der Waals surface area contributed by atoms with E-state index in [9.17, 15) is 19.2 Å². The van der Waals surface area contributed by atoms with Gasteiger partial charge >= 0.3 is 5.63 Å². The van der Waals surface area contributed by atoms with Crippen LogP contribution in [0.3, 0.4) is 0 Å². The maximum absolute atomic E-state index is 12.0. The second kappa shape index (κ2) is 6.27. The van der Waals surface area contributed by atoms with Crippen LogP contribution < -0.4 is 10.9 Å². The lowest BCUT2D eigenvalue weighted by molar-refractivity contribution is -0.138. The van der Waals surface area contributed by atoms with Gasteiger partial charge in [-0.25, -0.2) is 4.79 Å². The second-order valence-electron chi connectivity index (χ2n) is 5.70. The summed E-state index contributed by atoms with van der Waals surface area (Å²) in [5.74, 6) is -0.802. The van der Waals surface area contributed by atoms with Gasteiger partial charge in [-0.1, -0.05) is 0 Å². The van der Waals surface area contributed by atoms with Gasteiger partial charge in [-0.2, -0.15) is 0 Å². The molecule has 24 heavy (non-hydrogen) atoms. The lowest BCUT2D eigenvalue weighted by atomic mass is 10.1. The van der Waals surface area contributed by atoms with Crippen molar-refractivity contribution in [3.63, 3.8) is 0 Å². The molecule has 0 saturated carbocycles. The van der Waals surface area contributed by atoms with Gasteiger partial charge in [0.05, 0.1) is 0 Å². The summed E-state index contributed by atoms with van der Waals surface area (Å²) in [7, 11) is 0.